The van der Waals surface area contributed by atoms with Crippen LogP contribution in [0.5, 0.6) is 0 Å². The molecule has 2 rings (SSSR count). The van der Waals surface area contributed by atoms with Crippen LogP contribution in [0.1, 0.15) is 38.1 Å². The summed E-state index contributed by atoms with van der Waals surface area (Å²) < 4.78 is 0. The second kappa shape index (κ2) is 5.65. The highest BCUT2D eigenvalue weighted by molar-refractivity contribution is 5.39. The third-order valence-corrected chi connectivity index (χ3v) is 3.68. The van der Waals surface area contributed by atoms with Gasteiger partial charge >= 0.3 is 0 Å². The molecule has 0 bridgehead atoms. The molecule has 2 heterocycles. The van der Waals surface area contributed by atoms with Crippen molar-refractivity contribution in [3.05, 3.63) is 17.6 Å². The molecule has 4 nitrogen and oxygen atoms in total. The smallest absolute Gasteiger partial charge is 0.147 e. The standard InChI is InChI=1S/C14H24N4/c1-10(2)18(9-13-6-5-7-15-13)14-8-16-11(3)12(4)17-14/h8,10,13,15H,5-7,9H2,1-4H3. The number of aromatic nitrogens is 2. The van der Waals surface area contributed by atoms with Gasteiger partial charge in [-0.05, 0) is 47.1 Å². The van der Waals surface area contributed by atoms with Gasteiger partial charge in [0.05, 0.1) is 17.6 Å². The van der Waals surface area contributed by atoms with E-state index in [1.807, 2.05) is 20.0 Å². The zero-order valence-electron chi connectivity index (χ0n) is 11.9. The molecule has 0 saturated carbocycles. The van der Waals surface area contributed by atoms with E-state index >= 15 is 0 Å². The first-order valence-electron chi connectivity index (χ1n) is 6.88. The van der Waals surface area contributed by atoms with Crippen molar-refractivity contribution < 1.29 is 0 Å². The summed E-state index contributed by atoms with van der Waals surface area (Å²) in [6.07, 6.45) is 4.45. The molecule has 1 N–H and O–H groups in total. The number of hydrogen-bond acceptors (Lipinski definition) is 4. The zero-order chi connectivity index (χ0) is 13.1. The number of rotatable bonds is 4. The maximum absolute atomic E-state index is 4.67. The van der Waals surface area contributed by atoms with Crippen LogP contribution in [0, 0.1) is 13.8 Å². The van der Waals surface area contributed by atoms with Crippen molar-refractivity contribution in [1.29, 1.82) is 0 Å². The monoisotopic (exact) mass is 248 g/mol. The molecule has 0 aliphatic carbocycles. The second-order valence-corrected chi connectivity index (χ2v) is 5.44. The molecule has 18 heavy (non-hydrogen) atoms. The Morgan fingerprint density at radius 1 is 1.39 bits per heavy atom. The maximum Gasteiger partial charge on any atom is 0.147 e. The molecule has 1 aromatic heterocycles. The summed E-state index contributed by atoms with van der Waals surface area (Å²) in [5.41, 5.74) is 2.04. The van der Waals surface area contributed by atoms with E-state index in [2.05, 4.69) is 34.0 Å². The van der Waals surface area contributed by atoms with Gasteiger partial charge in [-0.3, -0.25) is 4.98 Å². The number of nitrogens with zero attached hydrogens (tertiary/aromatic N) is 3. The van der Waals surface area contributed by atoms with E-state index in [0.29, 0.717) is 12.1 Å². The van der Waals surface area contributed by atoms with Gasteiger partial charge in [-0.25, -0.2) is 4.98 Å². The lowest BCUT2D eigenvalue weighted by molar-refractivity contribution is 0.548. The van der Waals surface area contributed by atoms with Crippen LogP contribution >= 0.6 is 0 Å². The Labute approximate surface area is 110 Å². The Kier molecular flexibility index (Phi) is 4.17. The normalized spacial score (nSPS) is 19.5. The molecule has 1 aromatic rings. The lowest BCUT2D eigenvalue weighted by Gasteiger charge is -2.30. The Morgan fingerprint density at radius 2 is 2.17 bits per heavy atom. The fourth-order valence-corrected chi connectivity index (χ4v) is 2.39. The Hall–Kier alpha value is -1.16. The molecule has 1 saturated heterocycles. The van der Waals surface area contributed by atoms with E-state index in [-0.39, 0.29) is 0 Å². The summed E-state index contributed by atoms with van der Waals surface area (Å²) in [5, 5.41) is 3.55. The molecule has 1 aliphatic heterocycles. The van der Waals surface area contributed by atoms with Gasteiger partial charge in [-0.2, -0.15) is 0 Å². The van der Waals surface area contributed by atoms with Crippen molar-refractivity contribution in [3.8, 4) is 0 Å². The van der Waals surface area contributed by atoms with Gasteiger partial charge in [0.25, 0.3) is 0 Å². The van der Waals surface area contributed by atoms with E-state index < -0.39 is 0 Å². The predicted octanol–water partition coefficient (Wildman–Crippen LogP) is 2.06. The lowest BCUT2D eigenvalue weighted by atomic mass is 10.2. The molecule has 4 heteroatoms. The number of nitrogens with one attached hydrogen (secondary N) is 1. The number of hydrogen-bond donors (Lipinski definition) is 1. The first-order chi connectivity index (χ1) is 8.58. The van der Waals surface area contributed by atoms with Gasteiger partial charge in [-0.15, -0.1) is 0 Å². The van der Waals surface area contributed by atoms with E-state index in [0.717, 1.165) is 30.3 Å². The van der Waals surface area contributed by atoms with Gasteiger partial charge in [-0.1, -0.05) is 0 Å². The largest absolute Gasteiger partial charge is 0.351 e. The summed E-state index contributed by atoms with van der Waals surface area (Å²) in [7, 11) is 0. The minimum atomic E-state index is 0.448. The van der Waals surface area contributed by atoms with Crippen LogP contribution in [-0.2, 0) is 0 Å². The minimum Gasteiger partial charge on any atom is -0.351 e. The quantitative estimate of drug-likeness (QED) is 0.885. The molecular weight excluding hydrogens is 224 g/mol. The van der Waals surface area contributed by atoms with E-state index in [1.54, 1.807) is 0 Å². The highest BCUT2D eigenvalue weighted by Crippen LogP contribution is 2.17. The number of aryl methyl sites for hydroxylation is 2. The second-order valence-electron chi connectivity index (χ2n) is 5.44. The fraction of sp³-hybridized carbons (Fsp3) is 0.714. The van der Waals surface area contributed by atoms with E-state index in [4.69, 9.17) is 0 Å². The molecule has 100 valence electrons. The fourth-order valence-electron chi connectivity index (χ4n) is 2.39. The van der Waals surface area contributed by atoms with Gasteiger partial charge in [0, 0.05) is 18.6 Å². The van der Waals surface area contributed by atoms with Gasteiger partial charge in [0.2, 0.25) is 0 Å². The Bertz CT molecular complexity index is 397. The molecule has 0 amide bonds. The molecule has 1 atom stereocenters. The molecule has 1 fully saturated rings. The topological polar surface area (TPSA) is 41.1 Å². The highest BCUT2D eigenvalue weighted by Gasteiger charge is 2.21. The van der Waals surface area contributed by atoms with Crippen molar-refractivity contribution in [2.45, 2.75) is 52.6 Å². The van der Waals surface area contributed by atoms with Gasteiger partial charge in [0.1, 0.15) is 5.82 Å². The molecule has 1 unspecified atom stereocenters. The summed E-state index contributed by atoms with van der Waals surface area (Å²) >= 11 is 0. The summed E-state index contributed by atoms with van der Waals surface area (Å²) in [5.74, 6) is 1.00. The average Bonchev–Trinajstić information content (AvgIpc) is 2.82. The van der Waals surface area contributed by atoms with Crippen LogP contribution in [0.25, 0.3) is 0 Å². The zero-order valence-corrected chi connectivity index (χ0v) is 11.9. The minimum absolute atomic E-state index is 0.448. The Morgan fingerprint density at radius 3 is 2.72 bits per heavy atom. The van der Waals surface area contributed by atoms with Crippen LogP contribution < -0.4 is 10.2 Å². The predicted molar refractivity (Wildman–Crippen MR) is 75.0 cm³/mol. The first kappa shape index (κ1) is 13.3. The molecule has 0 radical (unpaired) electrons. The third-order valence-electron chi connectivity index (χ3n) is 3.68. The first-order valence-corrected chi connectivity index (χ1v) is 6.88. The molecule has 1 aliphatic rings. The average molecular weight is 248 g/mol. The summed E-state index contributed by atoms with van der Waals surface area (Å²) in [4.78, 5) is 11.5. The summed E-state index contributed by atoms with van der Waals surface area (Å²) in [6.45, 7) is 10.6. The summed E-state index contributed by atoms with van der Waals surface area (Å²) in [6, 6.07) is 1.04. The highest BCUT2D eigenvalue weighted by atomic mass is 15.2. The van der Waals surface area contributed by atoms with E-state index in [1.165, 1.54) is 12.8 Å². The molecule has 0 aromatic carbocycles. The van der Waals surface area contributed by atoms with Crippen molar-refractivity contribution >= 4 is 5.82 Å². The third kappa shape index (κ3) is 2.99. The SMILES string of the molecule is Cc1ncc(N(CC2CCCN2)C(C)C)nc1C. The van der Waals surface area contributed by atoms with Crippen molar-refractivity contribution in [2.75, 3.05) is 18.0 Å². The van der Waals surface area contributed by atoms with Crippen LogP contribution in [0.2, 0.25) is 0 Å². The van der Waals surface area contributed by atoms with Crippen LogP contribution in [0.15, 0.2) is 6.20 Å². The Balaban J connectivity index is 2.15. The number of anilines is 1. The van der Waals surface area contributed by atoms with Crippen LogP contribution in [-0.4, -0.2) is 35.1 Å². The van der Waals surface area contributed by atoms with Crippen LogP contribution in [0.3, 0.4) is 0 Å². The maximum atomic E-state index is 4.67. The molecular formula is C14H24N4. The van der Waals surface area contributed by atoms with Crippen molar-refractivity contribution in [2.24, 2.45) is 0 Å². The van der Waals surface area contributed by atoms with Crippen LogP contribution in [0.4, 0.5) is 5.82 Å². The van der Waals surface area contributed by atoms with Gasteiger partial charge in [0.15, 0.2) is 0 Å². The molecule has 0 spiro atoms. The van der Waals surface area contributed by atoms with E-state index in [9.17, 15) is 0 Å². The van der Waals surface area contributed by atoms with Crippen molar-refractivity contribution in [1.82, 2.24) is 15.3 Å². The van der Waals surface area contributed by atoms with Gasteiger partial charge < -0.3 is 10.2 Å². The lowest BCUT2D eigenvalue weighted by Crippen LogP contribution is -2.42. The van der Waals surface area contributed by atoms with Crippen molar-refractivity contribution in [3.63, 3.8) is 0 Å².